The predicted molar refractivity (Wildman–Crippen MR) is 104 cm³/mol. The Labute approximate surface area is 163 Å². The molecule has 3 rings (SSSR count). The number of rotatable bonds is 8. The normalized spacial score (nSPS) is 18.8. The van der Waals surface area contributed by atoms with Crippen LogP contribution in [-0.2, 0) is 20.9 Å². The number of carbonyl (C=O) groups excluding carboxylic acids is 2. The number of para-hydroxylation sites is 1. The van der Waals surface area contributed by atoms with Crippen LogP contribution in [0, 0.1) is 0 Å². The molecule has 0 spiro atoms. The molecule has 1 unspecified atom stereocenters. The zero-order chi connectivity index (χ0) is 20.1. The van der Waals surface area contributed by atoms with Crippen LogP contribution in [0.4, 0.5) is 0 Å². The third kappa shape index (κ3) is 4.65. The van der Waals surface area contributed by atoms with E-state index in [1.807, 2.05) is 30.3 Å². The van der Waals surface area contributed by atoms with Gasteiger partial charge in [-0.05, 0) is 30.9 Å². The second kappa shape index (κ2) is 8.37. The molecule has 1 fully saturated rings. The van der Waals surface area contributed by atoms with E-state index < -0.39 is 11.5 Å². The molecule has 0 aliphatic carbocycles. The number of aromatic nitrogens is 1. The van der Waals surface area contributed by atoms with Crippen molar-refractivity contribution in [3.63, 3.8) is 0 Å². The summed E-state index contributed by atoms with van der Waals surface area (Å²) in [6.45, 7) is 0.446. The second-order valence-electron chi connectivity index (χ2n) is 7.46. The lowest BCUT2D eigenvalue weighted by Gasteiger charge is -2.29. The number of carboxylic acids is 1. The number of nitrogens with one attached hydrogen (secondary N) is 1. The van der Waals surface area contributed by atoms with E-state index in [-0.39, 0.29) is 24.7 Å². The fourth-order valence-corrected chi connectivity index (χ4v) is 3.80. The molecular weight excluding hydrogens is 358 g/mol. The zero-order valence-electron chi connectivity index (χ0n) is 16.0. The fraction of sp³-hybridized carbons (Fsp3) is 0.429. The number of nitrogens with zero attached hydrogens (tertiary/aromatic N) is 2. The lowest BCUT2D eigenvalue weighted by atomic mass is 9.86. The minimum absolute atomic E-state index is 0.0218. The molecule has 1 aliphatic heterocycles. The van der Waals surface area contributed by atoms with Gasteiger partial charge in [0.1, 0.15) is 0 Å². The number of amides is 2. The van der Waals surface area contributed by atoms with Crippen molar-refractivity contribution in [2.24, 2.45) is 0 Å². The fourth-order valence-electron chi connectivity index (χ4n) is 3.80. The lowest BCUT2D eigenvalue weighted by Crippen LogP contribution is -2.43. The van der Waals surface area contributed by atoms with E-state index >= 15 is 0 Å². The molecule has 2 heterocycles. The Kier molecular flexibility index (Phi) is 5.92. The third-order valence-corrected chi connectivity index (χ3v) is 5.42. The van der Waals surface area contributed by atoms with Gasteiger partial charge in [-0.3, -0.25) is 19.4 Å². The van der Waals surface area contributed by atoms with Gasteiger partial charge in [0.25, 0.3) is 0 Å². The first kappa shape index (κ1) is 19.8. The smallest absolute Gasteiger partial charge is 0.303 e. The highest BCUT2D eigenvalue weighted by Crippen LogP contribution is 2.30. The van der Waals surface area contributed by atoms with Crippen molar-refractivity contribution in [2.75, 3.05) is 7.05 Å². The number of hydrogen-bond donors (Lipinski definition) is 2. The summed E-state index contributed by atoms with van der Waals surface area (Å²) in [5.41, 5.74) is 1.27. The molecule has 7 nitrogen and oxygen atoms in total. The van der Waals surface area contributed by atoms with Gasteiger partial charge in [-0.1, -0.05) is 24.3 Å². The van der Waals surface area contributed by atoms with Crippen molar-refractivity contribution in [2.45, 2.75) is 50.6 Å². The third-order valence-electron chi connectivity index (χ3n) is 5.42. The first-order valence-corrected chi connectivity index (χ1v) is 9.48. The van der Waals surface area contributed by atoms with Crippen LogP contribution >= 0.6 is 0 Å². The molecule has 0 saturated carbocycles. The number of pyridine rings is 1. The highest BCUT2D eigenvalue weighted by atomic mass is 16.4. The van der Waals surface area contributed by atoms with Gasteiger partial charge >= 0.3 is 5.97 Å². The Balaban J connectivity index is 1.63. The average Bonchev–Trinajstić information content (AvgIpc) is 3.06. The van der Waals surface area contributed by atoms with E-state index in [1.165, 1.54) is 0 Å². The van der Waals surface area contributed by atoms with Gasteiger partial charge in [-0.15, -0.1) is 0 Å². The average molecular weight is 383 g/mol. The molecule has 148 valence electrons. The van der Waals surface area contributed by atoms with Gasteiger partial charge in [0.15, 0.2) is 0 Å². The zero-order valence-corrected chi connectivity index (χ0v) is 16.0. The van der Waals surface area contributed by atoms with Crippen LogP contribution < -0.4 is 5.32 Å². The molecule has 2 amide bonds. The Hall–Kier alpha value is -2.96. The van der Waals surface area contributed by atoms with Crippen molar-refractivity contribution in [1.82, 2.24) is 15.2 Å². The van der Waals surface area contributed by atoms with Crippen LogP contribution in [0.5, 0.6) is 0 Å². The summed E-state index contributed by atoms with van der Waals surface area (Å²) < 4.78 is 0. The van der Waals surface area contributed by atoms with Crippen molar-refractivity contribution in [1.29, 1.82) is 0 Å². The summed E-state index contributed by atoms with van der Waals surface area (Å²) in [6, 6.07) is 9.77. The SMILES string of the molecule is CN(Cc1cccc2cccnc12)C(=O)CCC1(CCC(=O)O)CCC(=O)N1. The molecular formula is C21H25N3O4. The summed E-state index contributed by atoms with van der Waals surface area (Å²) in [5.74, 6) is -1.01. The predicted octanol–water partition coefficient (Wildman–Crippen LogP) is 2.49. The molecule has 1 aromatic heterocycles. The minimum Gasteiger partial charge on any atom is -0.481 e. The molecule has 1 saturated heterocycles. The van der Waals surface area contributed by atoms with Crippen LogP contribution in [0.15, 0.2) is 36.5 Å². The molecule has 28 heavy (non-hydrogen) atoms. The summed E-state index contributed by atoms with van der Waals surface area (Å²) in [4.78, 5) is 41.4. The van der Waals surface area contributed by atoms with Gasteiger partial charge < -0.3 is 15.3 Å². The molecule has 2 aromatic rings. The topological polar surface area (TPSA) is 99.6 Å². The van der Waals surface area contributed by atoms with Crippen molar-refractivity contribution in [3.8, 4) is 0 Å². The maximum absolute atomic E-state index is 12.7. The van der Waals surface area contributed by atoms with Crippen molar-refractivity contribution in [3.05, 3.63) is 42.1 Å². The lowest BCUT2D eigenvalue weighted by molar-refractivity contribution is -0.137. The van der Waals surface area contributed by atoms with Gasteiger partial charge in [0.05, 0.1) is 5.52 Å². The van der Waals surface area contributed by atoms with Crippen molar-refractivity contribution < 1.29 is 19.5 Å². The summed E-state index contributed by atoms with van der Waals surface area (Å²) in [5, 5.41) is 12.9. The molecule has 7 heteroatoms. The quantitative estimate of drug-likeness (QED) is 0.730. The van der Waals surface area contributed by atoms with Crippen LogP contribution in [-0.4, -0.2) is 45.4 Å². The number of benzene rings is 1. The summed E-state index contributed by atoms with van der Waals surface area (Å²) in [7, 11) is 1.75. The molecule has 1 aliphatic rings. The first-order chi connectivity index (χ1) is 13.4. The molecule has 0 radical (unpaired) electrons. The summed E-state index contributed by atoms with van der Waals surface area (Å²) >= 11 is 0. The molecule has 1 atom stereocenters. The van der Waals surface area contributed by atoms with Crippen LogP contribution in [0.2, 0.25) is 0 Å². The maximum atomic E-state index is 12.7. The van der Waals surface area contributed by atoms with E-state index in [4.69, 9.17) is 5.11 Å². The van der Waals surface area contributed by atoms with E-state index in [0.29, 0.717) is 32.2 Å². The van der Waals surface area contributed by atoms with Crippen LogP contribution in [0.3, 0.4) is 0 Å². The number of aliphatic carboxylic acids is 1. The van der Waals surface area contributed by atoms with Gasteiger partial charge in [-0.25, -0.2) is 0 Å². The van der Waals surface area contributed by atoms with Crippen LogP contribution in [0.1, 0.15) is 44.1 Å². The number of fused-ring (bicyclic) bond motifs is 1. The number of carbonyl (C=O) groups is 3. The Morgan fingerprint density at radius 3 is 2.68 bits per heavy atom. The van der Waals surface area contributed by atoms with Gasteiger partial charge in [0.2, 0.25) is 11.8 Å². The first-order valence-electron chi connectivity index (χ1n) is 9.48. The highest BCUT2D eigenvalue weighted by molar-refractivity contribution is 5.83. The maximum Gasteiger partial charge on any atom is 0.303 e. The standard InChI is InChI=1S/C21H25N3O4/c1-24(14-16-5-2-4-15-6-3-13-22-20(15)16)18(26)8-11-21(12-9-19(27)28)10-7-17(25)23-21/h2-6,13H,7-12,14H2,1H3,(H,23,25)(H,27,28). The number of carboxylic acid groups (broad SMARTS) is 1. The largest absolute Gasteiger partial charge is 0.481 e. The van der Waals surface area contributed by atoms with Crippen molar-refractivity contribution >= 4 is 28.7 Å². The van der Waals surface area contributed by atoms with E-state index in [0.717, 1.165) is 16.5 Å². The van der Waals surface area contributed by atoms with E-state index in [2.05, 4.69) is 10.3 Å². The van der Waals surface area contributed by atoms with E-state index in [9.17, 15) is 14.4 Å². The molecule has 1 aromatic carbocycles. The van der Waals surface area contributed by atoms with Crippen LogP contribution in [0.25, 0.3) is 10.9 Å². The highest BCUT2D eigenvalue weighted by Gasteiger charge is 2.38. The minimum atomic E-state index is -0.896. The summed E-state index contributed by atoms with van der Waals surface area (Å²) in [6.07, 6.45) is 3.72. The van der Waals surface area contributed by atoms with Gasteiger partial charge in [0, 0.05) is 50.0 Å². The molecule has 2 N–H and O–H groups in total. The Morgan fingerprint density at radius 1 is 1.21 bits per heavy atom. The van der Waals surface area contributed by atoms with Gasteiger partial charge in [-0.2, -0.15) is 0 Å². The Bertz CT molecular complexity index is 893. The van der Waals surface area contributed by atoms with E-state index in [1.54, 1.807) is 18.1 Å². The molecule has 0 bridgehead atoms. The monoisotopic (exact) mass is 383 g/mol. The Morgan fingerprint density at radius 2 is 1.96 bits per heavy atom. The second-order valence-corrected chi connectivity index (χ2v) is 7.46. The number of hydrogen-bond acceptors (Lipinski definition) is 4.